The van der Waals surface area contributed by atoms with E-state index < -0.39 is 0 Å². The number of nitrogens with one attached hydrogen (secondary N) is 1. The highest BCUT2D eigenvalue weighted by Crippen LogP contribution is 2.32. The van der Waals surface area contributed by atoms with Gasteiger partial charge in [-0.15, -0.1) is 0 Å². The number of nitrogens with zero attached hydrogens (tertiary/aromatic N) is 1. The topological polar surface area (TPSA) is 64.2 Å². The van der Waals surface area contributed by atoms with Crippen LogP contribution in [0.4, 0.5) is 0 Å². The van der Waals surface area contributed by atoms with Crippen molar-refractivity contribution >= 4 is 0 Å². The average Bonchev–Trinajstić information content (AvgIpc) is 2.47. The summed E-state index contributed by atoms with van der Waals surface area (Å²) in [6.07, 6.45) is 0. The van der Waals surface area contributed by atoms with Crippen LogP contribution in [0.5, 0.6) is 5.75 Å². The number of methoxy groups -OCH3 is 1. The van der Waals surface area contributed by atoms with Crippen LogP contribution in [0.25, 0.3) is 11.3 Å². The van der Waals surface area contributed by atoms with Gasteiger partial charge in [0.05, 0.1) is 12.8 Å². The van der Waals surface area contributed by atoms with E-state index in [2.05, 4.69) is 9.97 Å². The van der Waals surface area contributed by atoms with Crippen LogP contribution in [0.3, 0.4) is 0 Å². The third-order valence-corrected chi connectivity index (χ3v) is 3.39. The first-order chi connectivity index (χ1) is 10.1. The molecule has 0 saturated carbocycles. The Hall–Kier alpha value is -2.14. The van der Waals surface area contributed by atoms with Crippen LogP contribution in [0.1, 0.15) is 23.9 Å². The molecule has 0 fully saturated rings. The van der Waals surface area contributed by atoms with E-state index in [-0.39, 0.29) is 12.2 Å². The van der Waals surface area contributed by atoms with Crippen LogP contribution >= 0.6 is 0 Å². The monoisotopic (exact) mass is 288 g/mol. The van der Waals surface area contributed by atoms with Crippen LogP contribution in [0.2, 0.25) is 0 Å². The molecule has 2 aromatic rings. The highest BCUT2D eigenvalue weighted by atomic mass is 16.5. The SMILES string of the molecule is CCOCc1nc(-c2ccc(C)c(C)c2OC)cc(=O)[nH]1. The molecule has 0 aliphatic heterocycles. The molecule has 1 aromatic carbocycles. The van der Waals surface area contributed by atoms with Gasteiger partial charge in [-0.3, -0.25) is 4.79 Å². The molecule has 2 rings (SSSR count). The molecule has 0 aliphatic rings. The van der Waals surface area contributed by atoms with E-state index in [1.165, 1.54) is 6.07 Å². The molecule has 0 aliphatic carbocycles. The first-order valence-electron chi connectivity index (χ1n) is 6.89. The molecule has 5 nitrogen and oxygen atoms in total. The first kappa shape index (κ1) is 15.3. The van der Waals surface area contributed by atoms with Crippen molar-refractivity contribution in [1.29, 1.82) is 0 Å². The maximum Gasteiger partial charge on any atom is 0.251 e. The number of H-pyrrole nitrogens is 1. The summed E-state index contributed by atoms with van der Waals surface area (Å²) in [5.74, 6) is 1.26. The maximum absolute atomic E-state index is 11.8. The van der Waals surface area contributed by atoms with Gasteiger partial charge in [-0.25, -0.2) is 4.98 Å². The van der Waals surface area contributed by atoms with Gasteiger partial charge in [0.1, 0.15) is 18.2 Å². The molecule has 21 heavy (non-hydrogen) atoms. The number of rotatable bonds is 5. The molecule has 0 atom stereocenters. The Kier molecular flexibility index (Phi) is 4.75. The van der Waals surface area contributed by atoms with E-state index in [0.717, 1.165) is 22.4 Å². The summed E-state index contributed by atoms with van der Waals surface area (Å²) >= 11 is 0. The van der Waals surface area contributed by atoms with E-state index >= 15 is 0 Å². The number of aromatic nitrogens is 2. The second-order valence-electron chi connectivity index (χ2n) is 4.80. The van der Waals surface area contributed by atoms with Gasteiger partial charge < -0.3 is 14.5 Å². The molecule has 0 radical (unpaired) electrons. The Morgan fingerprint density at radius 3 is 2.71 bits per heavy atom. The lowest BCUT2D eigenvalue weighted by atomic mass is 10.0. The normalized spacial score (nSPS) is 10.7. The Bertz CT molecular complexity index is 692. The molecule has 5 heteroatoms. The zero-order valence-electron chi connectivity index (χ0n) is 12.8. The third kappa shape index (κ3) is 3.31. The number of hydrogen-bond donors (Lipinski definition) is 1. The minimum atomic E-state index is -0.199. The number of hydrogen-bond acceptors (Lipinski definition) is 4. The van der Waals surface area contributed by atoms with Gasteiger partial charge in [-0.05, 0) is 38.0 Å². The zero-order valence-corrected chi connectivity index (χ0v) is 12.8. The fraction of sp³-hybridized carbons (Fsp3) is 0.375. The van der Waals surface area contributed by atoms with Crippen molar-refractivity contribution < 1.29 is 9.47 Å². The lowest BCUT2D eigenvalue weighted by Crippen LogP contribution is -2.12. The van der Waals surface area contributed by atoms with Crippen molar-refractivity contribution in [3.05, 3.63) is 45.5 Å². The molecule has 0 amide bonds. The largest absolute Gasteiger partial charge is 0.496 e. The van der Waals surface area contributed by atoms with Crippen molar-refractivity contribution in [3.63, 3.8) is 0 Å². The first-order valence-corrected chi connectivity index (χ1v) is 6.89. The number of ether oxygens (including phenoxy) is 2. The Morgan fingerprint density at radius 1 is 1.29 bits per heavy atom. The van der Waals surface area contributed by atoms with Crippen LogP contribution in [0, 0.1) is 13.8 Å². The molecule has 1 N–H and O–H groups in total. The van der Waals surface area contributed by atoms with E-state index in [9.17, 15) is 4.79 Å². The van der Waals surface area contributed by atoms with Gasteiger partial charge in [-0.2, -0.15) is 0 Å². The predicted molar refractivity (Wildman–Crippen MR) is 81.6 cm³/mol. The van der Waals surface area contributed by atoms with Gasteiger partial charge in [-0.1, -0.05) is 6.07 Å². The minimum absolute atomic E-state index is 0.199. The van der Waals surface area contributed by atoms with Crippen molar-refractivity contribution in [2.45, 2.75) is 27.4 Å². The summed E-state index contributed by atoms with van der Waals surface area (Å²) in [6.45, 7) is 6.77. The van der Waals surface area contributed by atoms with Crippen molar-refractivity contribution in [1.82, 2.24) is 9.97 Å². The Labute approximate surface area is 124 Å². The van der Waals surface area contributed by atoms with E-state index in [1.807, 2.05) is 32.9 Å². The summed E-state index contributed by atoms with van der Waals surface area (Å²) in [5.41, 5.74) is 3.38. The van der Waals surface area contributed by atoms with E-state index in [4.69, 9.17) is 9.47 Å². The molecule has 1 heterocycles. The Morgan fingerprint density at radius 2 is 2.05 bits per heavy atom. The lowest BCUT2D eigenvalue weighted by Gasteiger charge is -2.13. The lowest BCUT2D eigenvalue weighted by molar-refractivity contribution is 0.128. The van der Waals surface area contributed by atoms with E-state index in [1.54, 1.807) is 7.11 Å². The highest BCUT2D eigenvalue weighted by molar-refractivity contribution is 5.70. The van der Waals surface area contributed by atoms with Crippen molar-refractivity contribution in [3.8, 4) is 17.0 Å². The van der Waals surface area contributed by atoms with Gasteiger partial charge in [0.15, 0.2) is 0 Å². The second kappa shape index (κ2) is 6.54. The zero-order chi connectivity index (χ0) is 15.4. The molecule has 0 unspecified atom stereocenters. The fourth-order valence-electron chi connectivity index (χ4n) is 2.17. The quantitative estimate of drug-likeness (QED) is 0.918. The molecular weight excluding hydrogens is 268 g/mol. The van der Waals surface area contributed by atoms with Gasteiger partial charge in [0, 0.05) is 18.2 Å². The van der Waals surface area contributed by atoms with Crippen molar-refractivity contribution in [2.24, 2.45) is 0 Å². The minimum Gasteiger partial charge on any atom is -0.496 e. The van der Waals surface area contributed by atoms with Gasteiger partial charge >= 0.3 is 0 Å². The van der Waals surface area contributed by atoms with Crippen LogP contribution in [-0.2, 0) is 11.3 Å². The van der Waals surface area contributed by atoms with Crippen molar-refractivity contribution in [2.75, 3.05) is 13.7 Å². The van der Waals surface area contributed by atoms with Gasteiger partial charge in [0.25, 0.3) is 5.56 Å². The van der Waals surface area contributed by atoms with Crippen LogP contribution in [-0.4, -0.2) is 23.7 Å². The summed E-state index contributed by atoms with van der Waals surface area (Å²) in [6, 6.07) is 5.40. The Balaban J connectivity index is 2.54. The average molecular weight is 288 g/mol. The maximum atomic E-state index is 11.8. The number of aromatic amines is 1. The molecular formula is C16H20N2O3. The van der Waals surface area contributed by atoms with Gasteiger partial charge in [0.2, 0.25) is 0 Å². The van der Waals surface area contributed by atoms with Crippen LogP contribution < -0.4 is 10.3 Å². The summed E-state index contributed by atoms with van der Waals surface area (Å²) in [4.78, 5) is 19.0. The second-order valence-corrected chi connectivity index (χ2v) is 4.80. The molecule has 0 saturated heterocycles. The summed E-state index contributed by atoms with van der Waals surface area (Å²) in [5, 5.41) is 0. The molecule has 0 bridgehead atoms. The number of aryl methyl sites for hydroxylation is 1. The summed E-state index contributed by atoms with van der Waals surface area (Å²) in [7, 11) is 1.62. The smallest absolute Gasteiger partial charge is 0.251 e. The fourth-order valence-corrected chi connectivity index (χ4v) is 2.17. The van der Waals surface area contributed by atoms with Crippen LogP contribution in [0.15, 0.2) is 23.0 Å². The standard InChI is InChI=1S/C16H20N2O3/c1-5-21-9-14-17-13(8-15(19)18-14)12-7-6-10(2)11(3)16(12)20-4/h6-8H,5,9H2,1-4H3,(H,17,18,19). The third-order valence-electron chi connectivity index (χ3n) is 3.39. The molecule has 1 aromatic heterocycles. The molecule has 0 spiro atoms. The summed E-state index contributed by atoms with van der Waals surface area (Å²) < 4.78 is 10.8. The molecule has 112 valence electrons. The van der Waals surface area contributed by atoms with E-state index in [0.29, 0.717) is 18.1 Å². The highest BCUT2D eigenvalue weighted by Gasteiger charge is 2.13. The predicted octanol–water partition coefficient (Wildman–Crippen LogP) is 2.60. The number of benzene rings is 1.